The van der Waals surface area contributed by atoms with Crippen molar-refractivity contribution in [3.63, 3.8) is 0 Å². The number of nitrogens with one attached hydrogen (secondary N) is 2. The zero-order valence-electron chi connectivity index (χ0n) is 14.2. The first kappa shape index (κ1) is 17.2. The van der Waals surface area contributed by atoms with Crippen LogP contribution in [0.1, 0.15) is 18.1 Å². The quantitative estimate of drug-likeness (QED) is 0.536. The molecule has 0 unspecified atom stereocenters. The van der Waals surface area contributed by atoms with Gasteiger partial charge in [-0.1, -0.05) is 41.9 Å². The Morgan fingerprint density at radius 2 is 1.84 bits per heavy atom. The van der Waals surface area contributed by atoms with Crippen molar-refractivity contribution in [1.29, 1.82) is 0 Å². The highest BCUT2D eigenvalue weighted by Crippen LogP contribution is 2.15. The highest BCUT2D eigenvalue weighted by molar-refractivity contribution is 6.30. The van der Waals surface area contributed by atoms with E-state index in [2.05, 4.69) is 33.6 Å². The lowest BCUT2D eigenvalue weighted by molar-refractivity contribution is 0.819. The molecular formula is C20H21ClN4. The zero-order valence-corrected chi connectivity index (χ0v) is 14.9. The summed E-state index contributed by atoms with van der Waals surface area (Å²) in [6.07, 6.45) is 1.84. The summed E-state index contributed by atoms with van der Waals surface area (Å²) in [6.45, 7) is 4.16. The summed E-state index contributed by atoms with van der Waals surface area (Å²) < 4.78 is 0. The van der Waals surface area contributed by atoms with E-state index in [1.54, 1.807) is 0 Å². The molecule has 128 valence electrons. The number of pyridine rings is 1. The first-order valence-corrected chi connectivity index (χ1v) is 8.73. The van der Waals surface area contributed by atoms with Gasteiger partial charge in [0.15, 0.2) is 5.96 Å². The maximum atomic E-state index is 5.92. The first-order chi connectivity index (χ1) is 12.3. The summed E-state index contributed by atoms with van der Waals surface area (Å²) in [6, 6.07) is 18.0. The third kappa shape index (κ3) is 4.70. The molecule has 25 heavy (non-hydrogen) atoms. The van der Waals surface area contributed by atoms with E-state index in [0.29, 0.717) is 13.1 Å². The smallest absolute Gasteiger partial charge is 0.191 e. The Bertz CT molecular complexity index is 854. The lowest BCUT2D eigenvalue weighted by atomic mass is 10.1. The maximum Gasteiger partial charge on any atom is 0.191 e. The number of hydrogen-bond donors (Lipinski definition) is 2. The molecule has 0 saturated carbocycles. The van der Waals surface area contributed by atoms with Crippen molar-refractivity contribution < 1.29 is 0 Å². The van der Waals surface area contributed by atoms with Crippen molar-refractivity contribution in [3.05, 3.63) is 76.9 Å². The van der Waals surface area contributed by atoms with Crippen LogP contribution >= 0.6 is 11.6 Å². The summed E-state index contributed by atoms with van der Waals surface area (Å²) in [7, 11) is 0. The molecule has 0 aliphatic rings. The van der Waals surface area contributed by atoms with Crippen molar-refractivity contribution in [2.45, 2.75) is 20.0 Å². The lowest BCUT2D eigenvalue weighted by Crippen LogP contribution is -2.36. The highest BCUT2D eigenvalue weighted by atomic mass is 35.5. The summed E-state index contributed by atoms with van der Waals surface area (Å²) in [5.41, 5.74) is 3.32. The van der Waals surface area contributed by atoms with E-state index < -0.39 is 0 Å². The van der Waals surface area contributed by atoms with Crippen LogP contribution in [-0.2, 0) is 13.1 Å². The molecule has 3 aromatic rings. The summed E-state index contributed by atoms with van der Waals surface area (Å²) in [5, 5.41) is 8.57. The van der Waals surface area contributed by atoms with E-state index in [4.69, 9.17) is 11.6 Å². The number of nitrogens with zero attached hydrogens (tertiary/aromatic N) is 2. The fourth-order valence-electron chi connectivity index (χ4n) is 2.59. The van der Waals surface area contributed by atoms with E-state index in [0.717, 1.165) is 34.0 Å². The van der Waals surface area contributed by atoms with Crippen LogP contribution in [0.2, 0.25) is 5.02 Å². The fraction of sp³-hybridized carbons (Fsp3) is 0.200. The van der Waals surface area contributed by atoms with Crippen LogP contribution < -0.4 is 10.6 Å². The van der Waals surface area contributed by atoms with Crippen molar-refractivity contribution >= 4 is 28.5 Å². The Kier molecular flexibility index (Phi) is 5.86. The number of fused-ring (bicyclic) bond motifs is 1. The molecule has 5 heteroatoms. The van der Waals surface area contributed by atoms with Gasteiger partial charge in [-0.2, -0.15) is 0 Å². The minimum Gasteiger partial charge on any atom is -0.357 e. The molecule has 0 fully saturated rings. The van der Waals surface area contributed by atoms with E-state index in [1.807, 2.05) is 54.7 Å². The molecule has 0 spiro atoms. The van der Waals surface area contributed by atoms with Crippen LogP contribution in [0, 0.1) is 0 Å². The molecule has 3 rings (SSSR count). The van der Waals surface area contributed by atoms with Crippen molar-refractivity contribution in [1.82, 2.24) is 15.6 Å². The van der Waals surface area contributed by atoms with E-state index in [1.165, 1.54) is 5.56 Å². The molecule has 0 saturated heterocycles. The molecule has 2 aromatic carbocycles. The third-order valence-corrected chi connectivity index (χ3v) is 4.11. The largest absolute Gasteiger partial charge is 0.357 e. The molecule has 0 aliphatic heterocycles. The number of aliphatic imine (C=N–C) groups is 1. The summed E-state index contributed by atoms with van der Waals surface area (Å²) >= 11 is 5.92. The number of aromatic nitrogens is 1. The number of guanidine groups is 1. The Hall–Kier alpha value is -2.59. The molecule has 0 aliphatic carbocycles. The van der Waals surface area contributed by atoms with Gasteiger partial charge in [-0.3, -0.25) is 4.98 Å². The first-order valence-electron chi connectivity index (χ1n) is 8.35. The van der Waals surface area contributed by atoms with Gasteiger partial charge in [0.25, 0.3) is 0 Å². The summed E-state index contributed by atoms with van der Waals surface area (Å²) in [5.74, 6) is 0.790. The number of halogens is 1. The molecule has 4 nitrogen and oxygen atoms in total. The second-order valence-corrected chi connectivity index (χ2v) is 6.10. The Morgan fingerprint density at radius 1 is 1.04 bits per heavy atom. The predicted molar refractivity (Wildman–Crippen MR) is 105 cm³/mol. The second-order valence-electron chi connectivity index (χ2n) is 5.66. The Balaban J connectivity index is 1.70. The van der Waals surface area contributed by atoms with Crippen molar-refractivity contribution in [2.24, 2.45) is 4.99 Å². The zero-order chi connectivity index (χ0) is 17.5. The highest BCUT2D eigenvalue weighted by Gasteiger charge is 2.03. The van der Waals surface area contributed by atoms with Gasteiger partial charge in [-0.15, -0.1) is 0 Å². The normalized spacial score (nSPS) is 11.5. The molecule has 0 atom stereocenters. The monoisotopic (exact) mass is 352 g/mol. The standard InChI is InChI=1S/C20H21ClN4/c1-2-22-20(24-13-15-7-9-17(21)10-8-15)25-14-16-11-12-23-19-6-4-3-5-18(16)19/h3-12H,2,13-14H2,1H3,(H2,22,24,25). The third-order valence-electron chi connectivity index (χ3n) is 3.86. The van der Waals surface area contributed by atoms with Gasteiger partial charge in [-0.25, -0.2) is 4.99 Å². The SMILES string of the molecule is CCNC(=NCc1ccc(Cl)cc1)NCc1ccnc2ccccc12. The molecule has 0 bridgehead atoms. The van der Waals surface area contributed by atoms with Gasteiger partial charge in [-0.05, 0) is 42.3 Å². The maximum absolute atomic E-state index is 5.92. The van der Waals surface area contributed by atoms with Crippen LogP contribution in [-0.4, -0.2) is 17.5 Å². The molecule has 1 heterocycles. The van der Waals surface area contributed by atoms with Crippen LogP contribution in [0.4, 0.5) is 0 Å². The van der Waals surface area contributed by atoms with Crippen LogP contribution in [0.15, 0.2) is 65.8 Å². The van der Waals surface area contributed by atoms with Crippen LogP contribution in [0.5, 0.6) is 0 Å². The second kappa shape index (κ2) is 8.49. The molecule has 1 aromatic heterocycles. The lowest BCUT2D eigenvalue weighted by Gasteiger charge is -2.12. The number of benzene rings is 2. The molecule has 0 radical (unpaired) electrons. The van der Waals surface area contributed by atoms with Crippen LogP contribution in [0.25, 0.3) is 10.9 Å². The summed E-state index contributed by atoms with van der Waals surface area (Å²) in [4.78, 5) is 9.05. The van der Waals surface area contributed by atoms with Gasteiger partial charge in [0.2, 0.25) is 0 Å². The topological polar surface area (TPSA) is 49.3 Å². The predicted octanol–water partition coefficient (Wildman–Crippen LogP) is 4.14. The fourth-order valence-corrected chi connectivity index (χ4v) is 2.72. The van der Waals surface area contributed by atoms with Crippen molar-refractivity contribution in [2.75, 3.05) is 6.54 Å². The van der Waals surface area contributed by atoms with Crippen molar-refractivity contribution in [3.8, 4) is 0 Å². The van der Waals surface area contributed by atoms with Crippen LogP contribution in [0.3, 0.4) is 0 Å². The minimum atomic E-state index is 0.601. The average Bonchev–Trinajstić information content (AvgIpc) is 2.65. The van der Waals surface area contributed by atoms with Gasteiger partial charge < -0.3 is 10.6 Å². The van der Waals surface area contributed by atoms with E-state index in [-0.39, 0.29) is 0 Å². The van der Waals surface area contributed by atoms with E-state index in [9.17, 15) is 0 Å². The Labute approximate surface area is 153 Å². The molecule has 2 N–H and O–H groups in total. The average molecular weight is 353 g/mol. The minimum absolute atomic E-state index is 0.601. The molecule has 0 amide bonds. The Morgan fingerprint density at radius 3 is 2.64 bits per heavy atom. The molecular weight excluding hydrogens is 332 g/mol. The number of para-hydroxylation sites is 1. The van der Waals surface area contributed by atoms with Gasteiger partial charge in [0, 0.05) is 29.7 Å². The van der Waals surface area contributed by atoms with Gasteiger partial charge >= 0.3 is 0 Å². The van der Waals surface area contributed by atoms with Gasteiger partial charge in [0.05, 0.1) is 12.1 Å². The van der Waals surface area contributed by atoms with E-state index >= 15 is 0 Å². The van der Waals surface area contributed by atoms with Gasteiger partial charge in [0.1, 0.15) is 0 Å². The number of rotatable bonds is 5. The number of hydrogen-bond acceptors (Lipinski definition) is 2.